The van der Waals surface area contributed by atoms with E-state index in [1.807, 2.05) is 0 Å². The minimum Gasteiger partial charge on any atom is -0.347 e. The van der Waals surface area contributed by atoms with Crippen LogP contribution in [0.3, 0.4) is 0 Å². The molecule has 1 aromatic heterocycles. The van der Waals surface area contributed by atoms with Gasteiger partial charge in [-0.05, 0) is 48.1 Å². The molecule has 2 bridgehead atoms. The molecule has 2 aliphatic carbocycles. The summed E-state index contributed by atoms with van der Waals surface area (Å²) in [5.74, 6) is 0.604. The molecular weight excluding hydrogens is 272 g/mol. The number of halogens is 1. The van der Waals surface area contributed by atoms with Crippen molar-refractivity contribution in [2.24, 2.45) is 16.7 Å². The Morgan fingerprint density at radius 2 is 2.15 bits per heavy atom. The first-order chi connectivity index (χ1) is 9.34. The first-order valence-electron chi connectivity index (χ1n) is 7.28. The van der Waals surface area contributed by atoms with Gasteiger partial charge in [-0.1, -0.05) is 38.4 Å². The molecule has 1 N–H and O–H groups in total. The van der Waals surface area contributed by atoms with Gasteiger partial charge in [0.15, 0.2) is 0 Å². The average molecular weight is 293 g/mol. The van der Waals surface area contributed by atoms with Gasteiger partial charge in [-0.2, -0.15) is 0 Å². The lowest BCUT2D eigenvalue weighted by Gasteiger charge is -2.39. The number of carbonyl (C=O) groups excluding carboxylic acids is 1. The number of hydrogen-bond donors (Lipinski definition) is 1. The predicted molar refractivity (Wildman–Crippen MR) is 79.7 cm³/mol. The Morgan fingerprint density at radius 3 is 2.70 bits per heavy atom. The van der Waals surface area contributed by atoms with Crippen LogP contribution >= 0.6 is 11.6 Å². The van der Waals surface area contributed by atoms with Gasteiger partial charge in [-0.3, -0.25) is 4.79 Å². The smallest absolute Gasteiger partial charge is 0.270 e. The Bertz CT molecular complexity index is 557. The minimum atomic E-state index is -0.109. The number of hydrogen-bond acceptors (Lipinski definition) is 2. The van der Waals surface area contributed by atoms with E-state index in [0.29, 0.717) is 22.2 Å². The maximum Gasteiger partial charge on any atom is 0.270 e. The number of nitrogens with zero attached hydrogens (tertiary/aromatic N) is 1. The fraction of sp³-hybridized carbons (Fsp3) is 0.625. The molecule has 1 amide bonds. The SMILES string of the molecule is CC1(C)C2CCC1(C)C(NC(=O)c1cccc(Cl)n1)C2. The van der Waals surface area contributed by atoms with Crippen LogP contribution in [-0.2, 0) is 0 Å². The minimum absolute atomic E-state index is 0.109. The summed E-state index contributed by atoms with van der Waals surface area (Å²) < 4.78 is 0. The third kappa shape index (κ3) is 1.86. The van der Waals surface area contributed by atoms with Crippen molar-refractivity contribution in [2.75, 3.05) is 0 Å². The first kappa shape index (κ1) is 13.9. The van der Waals surface area contributed by atoms with Gasteiger partial charge in [0, 0.05) is 6.04 Å². The van der Waals surface area contributed by atoms with E-state index in [1.54, 1.807) is 18.2 Å². The molecule has 3 rings (SSSR count). The number of nitrogens with one attached hydrogen (secondary N) is 1. The van der Waals surface area contributed by atoms with Crippen molar-refractivity contribution in [3.05, 3.63) is 29.0 Å². The van der Waals surface area contributed by atoms with E-state index in [0.717, 1.165) is 6.42 Å². The van der Waals surface area contributed by atoms with Crippen LogP contribution < -0.4 is 5.32 Å². The van der Waals surface area contributed by atoms with E-state index < -0.39 is 0 Å². The molecule has 2 aliphatic rings. The maximum atomic E-state index is 12.4. The highest BCUT2D eigenvalue weighted by Gasteiger charge is 2.61. The number of pyridine rings is 1. The van der Waals surface area contributed by atoms with E-state index >= 15 is 0 Å². The van der Waals surface area contributed by atoms with Crippen LogP contribution in [0.1, 0.15) is 50.5 Å². The van der Waals surface area contributed by atoms with Crippen molar-refractivity contribution >= 4 is 17.5 Å². The highest BCUT2D eigenvalue weighted by atomic mass is 35.5. The molecule has 4 heteroatoms. The Labute approximate surface area is 125 Å². The van der Waals surface area contributed by atoms with E-state index in [9.17, 15) is 4.79 Å². The van der Waals surface area contributed by atoms with Crippen molar-refractivity contribution in [1.82, 2.24) is 10.3 Å². The Balaban J connectivity index is 1.78. The Hall–Kier alpha value is -1.09. The molecule has 3 unspecified atom stereocenters. The lowest BCUT2D eigenvalue weighted by atomic mass is 9.69. The highest BCUT2D eigenvalue weighted by molar-refractivity contribution is 6.29. The monoisotopic (exact) mass is 292 g/mol. The van der Waals surface area contributed by atoms with E-state index in [4.69, 9.17) is 11.6 Å². The van der Waals surface area contributed by atoms with Gasteiger partial charge < -0.3 is 5.32 Å². The van der Waals surface area contributed by atoms with Gasteiger partial charge >= 0.3 is 0 Å². The van der Waals surface area contributed by atoms with Gasteiger partial charge in [-0.15, -0.1) is 0 Å². The fourth-order valence-electron chi connectivity index (χ4n) is 4.19. The Kier molecular flexibility index (Phi) is 3.09. The summed E-state index contributed by atoms with van der Waals surface area (Å²) in [6.45, 7) is 7.00. The van der Waals surface area contributed by atoms with Crippen LogP contribution in [0.2, 0.25) is 5.15 Å². The van der Waals surface area contributed by atoms with Gasteiger partial charge in [0.25, 0.3) is 5.91 Å². The van der Waals surface area contributed by atoms with Crippen LogP contribution in [0.5, 0.6) is 0 Å². The number of fused-ring (bicyclic) bond motifs is 2. The highest BCUT2D eigenvalue weighted by Crippen LogP contribution is 2.65. The van der Waals surface area contributed by atoms with Crippen LogP contribution in [0.25, 0.3) is 0 Å². The van der Waals surface area contributed by atoms with Crippen molar-refractivity contribution in [3.8, 4) is 0 Å². The summed E-state index contributed by atoms with van der Waals surface area (Å²) in [6, 6.07) is 5.39. The molecule has 108 valence electrons. The molecule has 20 heavy (non-hydrogen) atoms. The standard InChI is InChI=1S/C16H21ClN2O/c1-15(2)10-7-8-16(15,3)12(9-10)19-14(20)11-5-4-6-13(17)18-11/h4-6,10,12H,7-9H2,1-3H3,(H,19,20). The molecule has 0 spiro atoms. The molecule has 0 saturated heterocycles. The molecule has 0 radical (unpaired) electrons. The van der Waals surface area contributed by atoms with Crippen molar-refractivity contribution < 1.29 is 4.79 Å². The lowest BCUT2D eigenvalue weighted by molar-refractivity contribution is 0.0821. The van der Waals surface area contributed by atoms with Gasteiger partial charge in [0.05, 0.1) is 0 Å². The quantitative estimate of drug-likeness (QED) is 0.845. The molecular formula is C16H21ClN2O. The molecule has 1 heterocycles. The summed E-state index contributed by atoms with van der Waals surface area (Å²) >= 11 is 5.85. The van der Waals surface area contributed by atoms with E-state index in [1.165, 1.54) is 12.8 Å². The zero-order chi connectivity index (χ0) is 14.5. The summed E-state index contributed by atoms with van der Waals surface area (Å²) in [6.07, 6.45) is 3.56. The van der Waals surface area contributed by atoms with Crippen molar-refractivity contribution in [2.45, 2.75) is 46.1 Å². The largest absolute Gasteiger partial charge is 0.347 e. The van der Waals surface area contributed by atoms with Gasteiger partial charge in [0.1, 0.15) is 10.8 Å². The summed E-state index contributed by atoms with van der Waals surface area (Å²) in [4.78, 5) is 16.4. The molecule has 1 aromatic rings. The molecule has 3 nitrogen and oxygen atoms in total. The molecule has 0 aliphatic heterocycles. The summed E-state index contributed by atoms with van der Waals surface area (Å²) in [5, 5.41) is 3.55. The number of amides is 1. The molecule has 3 atom stereocenters. The van der Waals surface area contributed by atoms with E-state index in [-0.39, 0.29) is 17.4 Å². The van der Waals surface area contributed by atoms with Crippen LogP contribution in [0.15, 0.2) is 18.2 Å². The van der Waals surface area contributed by atoms with E-state index in [2.05, 4.69) is 31.1 Å². The molecule has 2 saturated carbocycles. The third-order valence-corrected chi connectivity index (χ3v) is 6.26. The number of rotatable bonds is 2. The zero-order valence-electron chi connectivity index (χ0n) is 12.2. The second kappa shape index (κ2) is 4.45. The van der Waals surface area contributed by atoms with Crippen molar-refractivity contribution in [3.63, 3.8) is 0 Å². The number of carbonyl (C=O) groups is 1. The third-order valence-electron chi connectivity index (χ3n) is 6.05. The van der Waals surface area contributed by atoms with Crippen LogP contribution in [0.4, 0.5) is 0 Å². The molecule has 2 fully saturated rings. The van der Waals surface area contributed by atoms with Crippen LogP contribution in [-0.4, -0.2) is 16.9 Å². The normalized spacial score (nSPS) is 34.2. The van der Waals surface area contributed by atoms with Gasteiger partial charge in [0.2, 0.25) is 0 Å². The topological polar surface area (TPSA) is 42.0 Å². The summed E-state index contributed by atoms with van der Waals surface area (Å²) in [5.41, 5.74) is 0.889. The number of aromatic nitrogens is 1. The maximum absolute atomic E-state index is 12.4. The fourth-order valence-corrected chi connectivity index (χ4v) is 4.35. The zero-order valence-corrected chi connectivity index (χ0v) is 13.0. The second-order valence-corrected chi connectivity index (χ2v) is 7.37. The predicted octanol–water partition coefficient (Wildman–Crippen LogP) is 3.68. The van der Waals surface area contributed by atoms with Crippen molar-refractivity contribution in [1.29, 1.82) is 0 Å². The van der Waals surface area contributed by atoms with Gasteiger partial charge in [-0.25, -0.2) is 4.98 Å². The second-order valence-electron chi connectivity index (χ2n) is 6.98. The Morgan fingerprint density at radius 1 is 1.40 bits per heavy atom. The first-order valence-corrected chi connectivity index (χ1v) is 7.66. The summed E-state index contributed by atoms with van der Waals surface area (Å²) in [7, 11) is 0. The lowest BCUT2D eigenvalue weighted by Crippen LogP contribution is -2.47. The average Bonchev–Trinajstić information content (AvgIpc) is 2.72. The van der Waals surface area contributed by atoms with Crippen LogP contribution in [0, 0.1) is 16.7 Å². The molecule has 0 aromatic carbocycles.